The van der Waals surface area contributed by atoms with Gasteiger partial charge in [-0.1, -0.05) is 20.8 Å². The molecule has 0 unspecified atom stereocenters. The third-order valence-corrected chi connectivity index (χ3v) is 2.90. The highest BCUT2D eigenvalue weighted by Gasteiger charge is 2.34. The van der Waals surface area contributed by atoms with Crippen LogP contribution in [0.2, 0.25) is 0 Å². The third-order valence-electron chi connectivity index (χ3n) is 2.90. The molecule has 0 heterocycles. The first-order chi connectivity index (χ1) is 9.54. The highest BCUT2D eigenvalue weighted by Crippen LogP contribution is 2.35. The van der Waals surface area contributed by atoms with Gasteiger partial charge in [-0.05, 0) is 30.0 Å². The van der Waals surface area contributed by atoms with Gasteiger partial charge in [-0.15, -0.1) is 0 Å². The van der Waals surface area contributed by atoms with Crippen molar-refractivity contribution in [2.45, 2.75) is 33.4 Å². The minimum absolute atomic E-state index is 0.0394. The number of nitrogens with one attached hydrogen (secondary N) is 2. The van der Waals surface area contributed by atoms with Gasteiger partial charge in [0.2, 0.25) is 0 Å². The number of hydrogen-bond donors (Lipinski definition) is 3. The van der Waals surface area contributed by atoms with Crippen LogP contribution in [0.25, 0.3) is 0 Å². The zero-order valence-corrected chi connectivity index (χ0v) is 12.3. The van der Waals surface area contributed by atoms with Gasteiger partial charge in [-0.2, -0.15) is 13.2 Å². The Morgan fingerprint density at radius 2 is 1.86 bits per heavy atom. The van der Waals surface area contributed by atoms with Crippen LogP contribution in [0.5, 0.6) is 0 Å². The smallest absolute Gasteiger partial charge is 0.352 e. The van der Waals surface area contributed by atoms with E-state index in [2.05, 4.69) is 5.32 Å². The zero-order chi connectivity index (χ0) is 16.3. The van der Waals surface area contributed by atoms with Crippen LogP contribution in [-0.4, -0.2) is 12.5 Å². The number of carbonyl (C=O) groups is 1. The van der Waals surface area contributed by atoms with Gasteiger partial charge in [0.25, 0.3) is 5.91 Å². The largest absolute Gasteiger partial charge is 0.418 e. The van der Waals surface area contributed by atoms with Crippen LogP contribution in [-0.2, 0) is 6.18 Å². The molecule has 118 valence electrons. The summed E-state index contributed by atoms with van der Waals surface area (Å²) in [5.74, 6) is 4.52. The van der Waals surface area contributed by atoms with Crippen molar-refractivity contribution >= 4 is 11.6 Å². The average molecular weight is 303 g/mol. The van der Waals surface area contributed by atoms with E-state index in [0.29, 0.717) is 6.54 Å². The van der Waals surface area contributed by atoms with Crippen LogP contribution in [0.1, 0.15) is 43.1 Å². The number of hydrogen-bond acceptors (Lipinski definition) is 3. The Morgan fingerprint density at radius 1 is 1.24 bits per heavy atom. The fourth-order valence-corrected chi connectivity index (χ4v) is 1.70. The number of amides is 1. The molecule has 0 aliphatic rings. The van der Waals surface area contributed by atoms with Crippen LogP contribution in [0.3, 0.4) is 0 Å². The summed E-state index contributed by atoms with van der Waals surface area (Å²) < 4.78 is 38.6. The zero-order valence-electron chi connectivity index (χ0n) is 12.3. The molecule has 0 radical (unpaired) electrons. The lowest BCUT2D eigenvalue weighted by Gasteiger charge is -2.18. The van der Waals surface area contributed by atoms with Crippen molar-refractivity contribution < 1.29 is 18.0 Å². The molecule has 0 fully saturated rings. The normalized spacial score (nSPS) is 12.1. The summed E-state index contributed by atoms with van der Waals surface area (Å²) in [6.07, 6.45) is -3.85. The molecule has 0 saturated heterocycles. The molecular formula is C14H20F3N3O. The Kier molecular flexibility index (Phi) is 5.22. The number of nitrogens with two attached hydrogens (primary N) is 1. The number of anilines is 1. The number of rotatable bonds is 4. The molecule has 0 aliphatic heterocycles. The van der Waals surface area contributed by atoms with Gasteiger partial charge < -0.3 is 10.7 Å². The Bertz CT molecular complexity index is 507. The summed E-state index contributed by atoms with van der Waals surface area (Å²) in [5, 5.41) is 2.61. The van der Waals surface area contributed by atoms with Crippen molar-refractivity contribution in [2.75, 3.05) is 12.0 Å². The molecule has 7 heteroatoms. The first kappa shape index (κ1) is 17.3. The first-order valence-electron chi connectivity index (χ1n) is 6.50. The predicted molar refractivity (Wildman–Crippen MR) is 75.7 cm³/mol. The lowest BCUT2D eigenvalue weighted by Crippen LogP contribution is -2.27. The quantitative estimate of drug-likeness (QED) is 0.591. The van der Waals surface area contributed by atoms with Gasteiger partial charge >= 0.3 is 6.18 Å². The molecule has 1 amide bonds. The van der Waals surface area contributed by atoms with Crippen molar-refractivity contribution in [3.8, 4) is 0 Å². The van der Waals surface area contributed by atoms with Crippen LogP contribution in [0.4, 0.5) is 18.9 Å². The van der Waals surface area contributed by atoms with Crippen molar-refractivity contribution in [3.05, 3.63) is 29.3 Å². The second kappa shape index (κ2) is 6.34. The maximum atomic E-state index is 12.9. The monoisotopic (exact) mass is 303 g/mol. The van der Waals surface area contributed by atoms with Gasteiger partial charge in [-0.25, -0.2) is 0 Å². The minimum Gasteiger partial charge on any atom is -0.352 e. The molecule has 0 bridgehead atoms. The predicted octanol–water partition coefficient (Wildman–Crippen LogP) is 3.16. The summed E-state index contributed by atoms with van der Waals surface area (Å²) in [7, 11) is 0. The Morgan fingerprint density at radius 3 is 2.33 bits per heavy atom. The average Bonchev–Trinajstić information content (AvgIpc) is 2.35. The summed E-state index contributed by atoms with van der Waals surface area (Å²) in [4.78, 5) is 11.9. The van der Waals surface area contributed by atoms with E-state index < -0.39 is 17.6 Å². The molecular weight excluding hydrogens is 283 g/mol. The van der Waals surface area contributed by atoms with Crippen molar-refractivity contribution in [1.82, 2.24) is 5.32 Å². The van der Waals surface area contributed by atoms with E-state index in [9.17, 15) is 18.0 Å². The summed E-state index contributed by atoms with van der Waals surface area (Å²) >= 11 is 0. The van der Waals surface area contributed by atoms with E-state index >= 15 is 0 Å². The minimum atomic E-state index is -4.58. The summed E-state index contributed by atoms with van der Waals surface area (Å²) in [5.41, 5.74) is 0.739. The lowest BCUT2D eigenvalue weighted by atomic mass is 9.92. The number of carbonyl (C=O) groups excluding carboxylic acids is 1. The Balaban J connectivity index is 2.86. The Labute approximate surface area is 121 Å². The molecule has 1 aromatic carbocycles. The highest BCUT2D eigenvalue weighted by atomic mass is 19.4. The Hall–Kier alpha value is -1.76. The lowest BCUT2D eigenvalue weighted by molar-refractivity contribution is -0.137. The molecule has 21 heavy (non-hydrogen) atoms. The van der Waals surface area contributed by atoms with Gasteiger partial charge in [0.05, 0.1) is 11.3 Å². The molecule has 0 atom stereocenters. The van der Waals surface area contributed by atoms with E-state index in [1.807, 2.05) is 26.2 Å². The van der Waals surface area contributed by atoms with Gasteiger partial charge in [-0.3, -0.25) is 10.6 Å². The molecule has 1 rings (SSSR count). The summed E-state index contributed by atoms with van der Waals surface area (Å²) in [6.45, 7) is 6.45. The van der Waals surface area contributed by atoms with Gasteiger partial charge in [0, 0.05) is 12.1 Å². The molecule has 0 saturated carbocycles. The highest BCUT2D eigenvalue weighted by molar-refractivity contribution is 5.94. The molecule has 0 aliphatic carbocycles. The first-order valence-corrected chi connectivity index (χ1v) is 6.50. The van der Waals surface area contributed by atoms with Crippen LogP contribution >= 0.6 is 0 Å². The van der Waals surface area contributed by atoms with Crippen LogP contribution in [0.15, 0.2) is 18.2 Å². The number of nitrogen functional groups attached to an aromatic ring is 1. The molecule has 4 N–H and O–H groups in total. The van der Waals surface area contributed by atoms with E-state index in [-0.39, 0.29) is 16.7 Å². The molecule has 1 aromatic rings. The van der Waals surface area contributed by atoms with E-state index in [0.717, 1.165) is 18.6 Å². The maximum absolute atomic E-state index is 12.9. The number of alkyl halides is 3. The second-order valence-corrected chi connectivity index (χ2v) is 5.97. The van der Waals surface area contributed by atoms with Crippen molar-refractivity contribution in [1.29, 1.82) is 0 Å². The van der Waals surface area contributed by atoms with Crippen molar-refractivity contribution in [2.24, 2.45) is 11.3 Å². The topological polar surface area (TPSA) is 67.2 Å². The van der Waals surface area contributed by atoms with Gasteiger partial charge in [0.15, 0.2) is 0 Å². The molecule has 0 aromatic heterocycles. The molecule has 4 nitrogen and oxygen atoms in total. The second-order valence-electron chi connectivity index (χ2n) is 5.97. The van der Waals surface area contributed by atoms with Crippen molar-refractivity contribution in [3.63, 3.8) is 0 Å². The number of halogens is 3. The van der Waals surface area contributed by atoms with E-state index in [1.165, 1.54) is 6.07 Å². The van der Waals surface area contributed by atoms with E-state index in [4.69, 9.17) is 5.84 Å². The standard InChI is InChI=1S/C14H20F3N3O/c1-13(2,3)6-7-19-12(21)9-4-5-11(20-18)10(8-9)14(15,16)17/h4-5,8,20H,6-7,18H2,1-3H3,(H,19,21). The SMILES string of the molecule is CC(C)(C)CCNC(=O)c1ccc(NN)c(C(F)(F)F)c1. The van der Waals surface area contributed by atoms with Crippen LogP contribution in [0, 0.1) is 5.41 Å². The van der Waals surface area contributed by atoms with Gasteiger partial charge in [0.1, 0.15) is 0 Å². The van der Waals surface area contributed by atoms with E-state index in [1.54, 1.807) is 0 Å². The van der Waals surface area contributed by atoms with Crippen LogP contribution < -0.4 is 16.6 Å². The fraction of sp³-hybridized carbons (Fsp3) is 0.500. The maximum Gasteiger partial charge on any atom is 0.418 e. The number of benzene rings is 1. The number of hydrazine groups is 1. The fourth-order valence-electron chi connectivity index (χ4n) is 1.70. The third kappa shape index (κ3) is 5.26. The molecule has 0 spiro atoms. The summed E-state index contributed by atoms with van der Waals surface area (Å²) in [6, 6.07) is 3.24.